The average molecular weight is 289 g/mol. The summed E-state index contributed by atoms with van der Waals surface area (Å²) in [5.41, 5.74) is 5.68. The van der Waals surface area contributed by atoms with Crippen molar-refractivity contribution in [1.29, 1.82) is 0 Å². The van der Waals surface area contributed by atoms with E-state index in [9.17, 15) is 0 Å². The number of halogens is 1. The van der Waals surface area contributed by atoms with E-state index in [4.69, 9.17) is 5.73 Å². The zero-order valence-corrected chi connectivity index (χ0v) is 10.9. The number of nitrogens with two attached hydrogens (primary N) is 1. The highest BCUT2D eigenvalue weighted by atomic mass is 79.9. The van der Waals surface area contributed by atoms with Crippen molar-refractivity contribution >= 4 is 39.5 Å². The number of thioether (sulfide) groups is 1. The highest BCUT2D eigenvalue weighted by Crippen LogP contribution is 2.25. The van der Waals surface area contributed by atoms with Crippen LogP contribution in [0.5, 0.6) is 0 Å². The lowest BCUT2D eigenvalue weighted by Crippen LogP contribution is -2.32. The van der Waals surface area contributed by atoms with Crippen LogP contribution in [0.1, 0.15) is 6.42 Å². The summed E-state index contributed by atoms with van der Waals surface area (Å²) in [7, 11) is 2.03. The summed E-state index contributed by atoms with van der Waals surface area (Å²) in [5, 5.41) is 0. The molecule has 2 heterocycles. The predicted molar refractivity (Wildman–Crippen MR) is 68.3 cm³/mol. The molecular weight excluding hydrogens is 276 g/mol. The third-order valence-corrected chi connectivity index (χ3v) is 4.02. The normalized spacial score (nSPS) is 20.5. The van der Waals surface area contributed by atoms with Crippen LogP contribution in [-0.2, 0) is 0 Å². The van der Waals surface area contributed by atoms with Gasteiger partial charge in [0.05, 0.1) is 0 Å². The van der Waals surface area contributed by atoms with Crippen LogP contribution in [0.4, 0.5) is 11.8 Å². The van der Waals surface area contributed by atoms with Gasteiger partial charge in [-0.1, -0.05) is 0 Å². The topological polar surface area (TPSA) is 55.0 Å². The van der Waals surface area contributed by atoms with Gasteiger partial charge in [-0.2, -0.15) is 16.7 Å². The van der Waals surface area contributed by atoms with Gasteiger partial charge in [0.25, 0.3) is 0 Å². The maximum atomic E-state index is 5.68. The Morgan fingerprint density at radius 1 is 1.60 bits per heavy atom. The zero-order chi connectivity index (χ0) is 10.8. The molecule has 0 amide bonds. The summed E-state index contributed by atoms with van der Waals surface area (Å²) < 4.78 is 0.738. The Balaban J connectivity index is 2.20. The first-order chi connectivity index (χ1) is 7.16. The molecule has 1 aliphatic heterocycles. The quantitative estimate of drug-likeness (QED) is 0.841. The van der Waals surface area contributed by atoms with Crippen molar-refractivity contribution in [2.24, 2.45) is 0 Å². The van der Waals surface area contributed by atoms with Crippen LogP contribution < -0.4 is 10.6 Å². The van der Waals surface area contributed by atoms with E-state index in [0.717, 1.165) is 10.4 Å². The number of hydrogen-bond acceptors (Lipinski definition) is 5. The van der Waals surface area contributed by atoms with Crippen LogP contribution in [0.3, 0.4) is 0 Å². The van der Waals surface area contributed by atoms with Gasteiger partial charge in [-0.05, 0) is 28.1 Å². The second-order valence-electron chi connectivity index (χ2n) is 3.54. The van der Waals surface area contributed by atoms with Gasteiger partial charge in [-0.3, -0.25) is 0 Å². The van der Waals surface area contributed by atoms with E-state index in [1.807, 2.05) is 18.8 Å². The van der Waals surface area contributed by atoms with E-state index in [1.54, 1.807) is 6.07 Å². The number of hydrogen-bond donors (Lipinski definition) is 1. The van der Waals surface area contributed by atoms with Gasteiger partial charge in [-0.25, -0.2) is 4.98 Å². The molecule has 4 nitrogen and oxygen atoms in total. The van der Waals surface area contributed by atoms with E-state index in [1.165, 1.54) is 12.2 Å². The van der Waals surface area contributed by atoms with E-state index < -0.39 is 0 Å². The Kier molecular flexibility index (Phi) is 3.35. The lowest BCUT2D eigenvalue weighted by molar-refractivity contribution is 0.681. The number of nitrogens with zero attached hydrogens (tertiary/aromatic N) is 3. The van der Waals surface area contributed by atoms with Gasteiger partial charge >= 0.3 is 0 Å². The molecule has 6 heteroatoms. The fraction of sp³-hybridized carbons (Fsp3) is 0.556. The Morgan fingerprint density at radius 2 is 2.40 bits per heavy atom. The molecule has 0 radical (unpaired) electrons. The average Bonchev–Trinajstić information content (AvgIpc) is 2.67. The van der Waals surface area contributed by atoms with E-state index in [0.29, 0.717) is 17.8 Å². The lowest BCUT2D eigenvalue weighted by atomic mass is 10.2. The summed E-state index contributed by atoms with van der Waals surface area (Å²) in [6.45, 7) is 0. The van der Waals surface area contributed by atoms with E-state index >= 15 is 0 Å². The molecule has 0 aliphatic carbocycles. The molecule has 0 saturated carbocycles. The van der Waals surface area contributed by atoms with Crippen LogP contribution in [0.2, 0.25) is 0 Å². The summed E-state index contributed by atoms with van der Waals surface area (Å²) in [5.74, 6) is 3.57. The third kappa shape index (κ3) is 2.55. The van der Waals surface area contributed by atoms with Gasteiger partial charge < -0.3 is 10.6 Å². The second kappa shape index (κ2) is 4.57. The molecule has 0 aromatic carbocycles. The first kappa shape index (κ1) is 11.0. The first-order valence-corrected chi connectivity index (χ1v) is 6.72. The molecule has 1 atom stereocenters. The highest BCUT2D eigenvalue weighted by Gasteiger charge is 2.22. The van der Waals surface area contributed by atoms with Crippen molar-refractivity contribution in [3.63, 3.8) is 0 Å². The van der Waals surface area contributed by atoms with Crippen molar-refractivity contribution in [3.8, 4) is 0 Å². The van der Waals surface area contributed by atoms with Gasteiger partial charge in [-0.15, -0.1) is 0 Å². The summed E-state index contributed by atoms with van der Waals surface area (Å²) in [6, 6.07) is 2.24. The molecule has 1 aliphatic rings. The molecule has 1 aromatic rings. The Labute approximate surface area is 102 Å². The predicted octanol–water partition coefficient (Wildman–Crippen LogP) is 1.76. The minimum atomic E-state index is 0.504. The summed E-state index contributed by atoms with van der Waals surface area (Å²) in [4.78, 5) is 10.7. The molecule has 1 aromatic heterocycles. The Bertz CT molecular complexity index is 334. The first-order valence-electron chi connectivity index (χ1n) is 4.77. The minimum absolute atomic E-state index is 0.504. The molecule has 82 valence electrons. The van der Waals surface area contributed by atoms with Crippen LogP contribution in [0, 0.1) is 0 Å². The molecule has 15 heavy (non-hydrogen) atoms. The number of aromatic nitrogens is 2. The maximum Gasteiger partial charge on any atom is 0.228 e. The molecule has 2 rings (SSSR count). The largest absolute Gasteiger partial charge is 0.383 e. The molecule has 0 bridgehead atoms. The molecule has 0 spiro atoms. The number of rotatable bonds is 2. The maximum absolute atomic E-state index is 5.68. The van der Waals surface area contributed by atoms with Crippen molar-refractivity contribution in [1.82, 2.24) is 9.97 Å². The van der Waals surface area contributed by atoms with E-state index in [-0.39, 0.29) is 0 Å². The Hall–Kier alpha value is -0.490. The van der Waals surface area contributed by atoms with E-state index in [2.05, 4.69) is 30.8 Å². The van der Waals surface area contributed by atoms with Crippen molar-refractivity contribution in [2.75, 3.05) is 29.2 Å². The minimum Gasteiger partial charge on any atom is -0.383 e. The van der Waals surface area contributed by atoms with Crippen molar-refractivity contribution in [3.05, 3.63) is 10.7 Å². The summed E-state index contributed by atoms with van der Waals surface area (Å²) in [6.07, 6.45) is 1.19. The molecule has 1 unspecified atom stereocenters. The van der Waals surface area contributed by atoms with Crippen LogP contribution in [0.15, 0.2) is 10.7 Å². The van der Waals surface area contributed by atoms with Crippen LogP contribution in [0.25, 0.3) is 0 Å². The van der Waals surface area contributed by atoms with Gasteiger partial charge in [0, 0.05) is 24.9 Å². The SMILES string of the molecule is CN(c1nc(N)cc(Br)n1)C1CCSC1. The summed E-state index contributed by atoms with van der Waals surface area (Å²) >= 11 is 5.30. The molecule has 1 fully saturated rings. The second-order valence-corrected chi connectivity index (χ2v) is 5.51. The standard InChI is InChI=1S/C9H13BrN4S/c1-14(6-2-3-15-5-6)9-12-7(10)4-8(11)13-9/h4,6H,2-3,5H2,1H3,(H2,11,12,13). The lowest BCUT2D eigenvalue weighted by Gasteiger charge is -2.23. The van der Waals surface area contributed by atoms with Crippen LogP contribution >= 0.6 is 27.7 Å². The van der Waals surface area contributed by atoms with Crippen LogP contribution in [-0.4, -0.2) is 34.6 Å². The third-order valence-electron chi connectivity index (χ3n) is 2.47. The zero-order valence-electron chi connectivity index (χ0n) is 8.48. The van der Waals surface area contributed by atoms with Gasteiger partial charge in [0.2, 0.25) is 5.95 Å². The fourth-order valence-corrected chi connectivity index (χ4v) is 3.23. The van der Waals surface area contributed by atoms with Gasteiger partial charge in [0.15, 0.2) is 0 Å². The highest BCUT2D eigenvalue weighted by molar-refractivity contribution is 9.10. The van der Waals surface area contributed by atoms with Gasteiger partial charge in [0.1, 0.15) is 10.4 Å². The monoisotopic (exact) mass is 288 g/mol. The molecule has 2 N–H and O–H groups in total. The van der Waals surface area contributed by atoms with Crippen molar-refractivity contribution < 1.29 is 0 Å². The smallest absolute Gasteiger partial charge is 0.228 e. The molecular formula is C9H13BrN4S. The molecule has 1 saturated heterocycles. The number of anilines is 2. The fourth-order valence-electron chi connectivity index (χ4n) is 1.57. The van der Waals surface area contributed by atoms with Crippen molar-refractivity contribution in [2.45, 2.75) is 12.5 Å². The number of nitrogen functional groups attached to an aromatic ring is 1. The Morgan fingerprint density at radius 3 is 3.00 bits per heavy atom.